The van der Waals surface area contributed by atoms with Crippen LogP contribution in [0.3, 0.4) is 0 Å². The highest BCUT2D eigenvalue weighted by molar-refractivity contribution is 8.00. The molecule has 0 bridgehead atoms. The van der Waals surface area contributed by atoms with Crippen LogP contribution in [0.25, 0.3) is 11.4 Å². The van der Waals surface area contributed by atoms with Crippen LogP contribution in [0.2, 0.25) is 10.0 Å². The monoisotopic (exact) mass is 410 g/mol. The minimum atomic E-state index is -0.489. The molecule has 3 rings (SSSR count). The van der Waals surface area contributed by atoms with E-state index < -0.39 is 11.1 Å². The molecule has 0 aliphatic rings. The smallest absolute Gasteiger partial charge is 0.237 e. The van der Waals surface area contributed by atoms with E-state index >= 15 is 0 Å². The molecule has 0 aliphatic carbocycles. The molecule has 26 heavy (non-hydrogen) atoms. The minimum Gasteiger partial charge on any atom is -0.325 e. The number of rotatable bonds is 5. The standard InChI is InChI=1S/C17H13Cl2FN4OS/c1-9(16(25)21-12-7-10(18)6-11(19)8-12)26-17-22-15(23-24-17)13-4-2-3-5-14(13)20/h2-9H,1H3,(H,21,25)(H,22,23,24)/t9-/m0/s1. The van der Waals surface area contributed by atoms with Gasteiger partial charge in [0.15, 0.2) is 5.82 Å². The Labute approximate surface area is 163 Å². The van der Waals surface area contributed by atoms with Gasteiger partial charge in [0.1, 0.15) is 5.82 Å². The van der Waals surface area contributed by atoms with E-state index in [4.69, 9.17) is 23.2 Å². The van der Waals surface area contributed by atoms with Crippen molar-refractivity contribution in [2.75, 3.05) is 5.32 Å². The normalized spacial score (nSPS) is 12.0. The number of nitrogens with zero attached hydrogens (tertiary/aromatic N) is 2. The van der Waals surface area contributed by atoms with E-state index in [0.29, 0.717) is 32.3 Å². The van der Waals surface area contributed by atoms with Crippen molar-refractivity contribution < 1.29 is 9.18 Å². The van der Waals surface area contributed by atoms with Crippen molar-refractivity contribution in [1.29, 1.82) is 0 Å². The number of benzene rings is 2. The number of nitrogens with one attached hydrogen (secondary N) is 2. The number of aromatic nitrogens is 3. The Hall–Kier alpha value is -2.09. The zero-order valence-corrected chi connectivity index (χ0v) is 15.8. The highest BCUT2D eigenvalue weighted by Gasteiger charge is 2.18. The molecule has 0 saturated heterocycles. The Bertz CT molecular complexity index is 930. The molecule has 1 aromatic heterocycles. The third kappa shape index (κ3) is 4.55. The number of H-pyrrole nitrogens is 1. The van der Waals surface area contributed by atoms with Crippen LogP contribution in [0.5, 0.6) is 0 Å². The molecule has 134 valence electrons. The van der Waals surface area contributed by atoms with Gasteiger partial charge in [-0.25, -0.2) is 9.37 Å². The zero-order chi connectivity index (χ0) is 18.7. The number of carbonyl (C=O) groups is 1. The van der Waals surface area contributed by atoms with Crippen LogP contribution in [-0.2, 0) is 4.79 Å². The summed E-state index contributed by atoms with van der Waals surface area (Å²) in [6.07, 6.45) is 0. The number of amides is 1. The maximum absolute atomic E-state index is 13.8. The maximum Gasteiger partial charge on any atom is 0.237 e. The average molecular weight is 411 g/mol. The molecule has 0 radical (unpaired) electrons. The molecule has 1 atom stereocenters. The summed E-state index contributed by atoms with van der Waals surface area (Å²) in [7, 11) is 0. The lowest BCUT2D eigenvalue weighted by Crippen LogP contribution is -2.22. The van der Waals surface area contributed by atoms with Crippen molar-refractivity contribution in [1.82, 2.24) is 15.2 Å². The molecule has 0 unspecified atom stereocenters. The molecule has 0 aliphatic heterocycles. The summed E-state index contributed by atoms with van der Waals surface area (Å²) in [6.45, 7) is 1.71. The fourth-order valence-electron chi connectivity index (χ4n) is 2.15. The van der Waals surface area contributed by atoms with Gasteiger partial charge in [-0.3, -0.25) is 9.89 Å². The summed E-state index contributed by atoms with van der Waals surface area (Å²) in [4.78, 5) is 16.6. The summed E-state index contributed by atoms with van der Waals surface area (Å²) >= 11 is 13.0. The van der Waals surface area contributed by atoms with E-state index in [1.165, 1.54) is 6.07 Å². The molecule has 2 N–H and O–H groups in total. The predicted octanol–water partition coefficient (Wildman–Crippen LogP) is 5.04. The molecule has 2 aromatic carbocycles. The number of anilines is 1. The Morgan fingerprint density at radius 3 is 2.62 bits per heavy atom. The van der Waals surface area contributed by atoms with Gasteiger partial charge in [-0.05, 0) is 37.3 Å². The van der Waals surface area contributed by atoms with Crippen LogP contribution >= 0.6 is 35.0 Å². The predicted molar refractivity (Wildman–Crippen MR) is 102 cm³/mol. The van der Waals surface area contributed by atoms with Crippen molar-refractivity contribution >= 4 is 46.6 Å². The molecular formula is C17H13Cl2FN4OS. The average Bonchev–Trinajstić information content (AvgIpc) is 3.02. The lowest BCUT2D eigenvalue weighted by atomic mass is 10.2. The van der Waals surface area contributed by atoms with E-state index in [1.54, 1.807) is 43.3 Å². The van der Waals surface area contributed by atoms with Crippen LogP contribution in [-0.4, -0.2) is 26.3 Å². The van der Waals surface area contributed by atoms with E-state index in [0.717, 1.165) is 11.8 Å². The van der Waals surface area contributed by atoms with Crippen LogP contribution < -0.4 is 5.32 Å². The molecule has 0 saturated carbocycles. The van der Waals surface area contributed by atoms with Gasteiger partial charge in [-0.1, -0.05) is 47.1 Å². The summed E-state index contributed by atoms with van der Waals surface area (Å²) in [5.41, 5.74) is 0.819. The molecular weight excluding hydrogens is 398 g/mol. The third-order valence-corrected chi connectivity index (χ3v) is 4.77. The van der Waals surface area contributed by atoms with Crippen molar-refractivity contribution in [3.63, 3.8) is 0 Å². The Morgan fingerprint density at radius 2 is 1.92 bits per heavy atom. The molecule has 0 spiro atoms. The van der Waals surface area contributed by atoms with E-state index in [-0.39, 0.29) is 5.91 Å². The first-order chi connectivity index (χ1) is 12.4. The van der Waals surface area contributed by atoms with Crippen molar-refractivity contribution in [3.05, 3.63) is 58.3 Å². The first-order valence-corrected chi connectivity index (χ1v) is 9.17. The van der Waals surface area contributed by atoms with Gasteiger partial charge in [-0.15, -0.1) is 5.10 Å². The quantitative estimate of drug-likeness (QED) is 0.578. The first kappa shape index (κ1) is 18.7. The molecule has 3 aromatic rings. The largest absolute Gasteiger partial charge is 0.325 e. The summed E-state index contributed by atoms with van der Waals surface area (Å²) in [5, 5.41) is 10.2. The second kappa shape index (κ2) is 8.07. The van der Waals surface area contributed by atoms with Gasteiger partial charge in [0, 0.05) is 15.7 Å². The summed E-state index contributed by atoms with van der Waals surface area (Å²) < 4.78 is 13.8. The molecule has 9 heteroatoms. The number of hydrogen-bond acceptors (Lipinski definition) is 4. The third-order valence-electron chi connectivity index (χ3n) is 3.38. The van der Waals surface area contributed by atoms with Crippen LogP contribution in [0.4, 0.5) is 10.1 Å². The lowest BCUT2D eigenvalue weighted by Gasteiger charge is -2.10. The van der Waals surface area contributed by atoms with Crippen LogP contribution in [0.1, 0.15) is 6.92 Å². The van der Waals surface area contributed by atoms with E-state index in [2.05, 4.69) is 20.5 Å². The molecule has 0 fully saturated rings. The lowest BCUT2D eigenvalue weighted by molar-refractivity contribution is -0.115. The number of hydrogen-bond donors (Lipinski definition) is 2. The first-order valence-electron chi connectivity index (χ1n) is 7.53. The van der Waals surface area contributed by atoms with Gasteiger partial charge < -0.3 is 5.32 Å². The van der Waals surface area contributed by atoms with Crippen molar-refractivity contribution in [2.45, 2.75) is 17.3 Å². The highest BCUT2D eigenvalue weighted by Crippen LogP contribution is 2.26. The van der Waals surface area contributed by atoms with E-state index in [1.807, 2.05) is 0 Å². The van der Waals surface area contributed by atoms with Gasteiger partial charge in [0.05, 0.1) is 10.8 Å². The van der Waals surface area contributed by atoms with Crippen molar-refractivity contribution in [3.8, 4) is 11.4 Å². The Morgan fingerprint density at radius 1 is 1.23 bits per heavy atom. The molecule has 5 nitrogen and oxygen atoms in total. The van der Waals surface area contributed by atoms with Gasteiger partial charge in [-0.2, -0.15) is 0 Å². The van der Waals surface area contributed by atoms with Gasteiger partial charge in [0.2, 0.25) is 11.1 Å². The topological polar surface area (TPSA) is 70.7 Å². The number of halogens is 3. The second-order valence-electron chi connectivity index (χ2n) is 5.35. The Kier molecular flexibility index (Phi) is 5.80. The minimum absolute atomic E-state index is 0.259. The second-order valence-corrected chi connectivity index (χ2v) is 7.53. The SMILES string of the molecule is C[C@H](Sc1n[nH]c(-c2ccccc2F)n1)C(=O)Nc1cc(Cl)cc(Cl)c1. The number of carbonyl (C=O) groups excluding carboxylic acids is 1. The van der Waals surface area contributed by atoms with Crippen molar-refractivity contribution in [2.24, 2.45) is 0 Å². The summed E-state index contributed by atoms with van der Waals surface area (Å²) in [5.74, 6) is -0.353. The molecule has 1 heterocycles. The Balaban J connectivity index is 1.67. The molecule has 1 amide bonds. The maximum atomic E-state index is 13.8. The summed E-state index contributed by atoms with van der Waals surface area (Å²) in [6, 6.07) is 11.0. The fourth-order valence-corrected chi connectivity index (χ4v) is 3.40. The van der Waals surface area contributed by atoms with Gasteiger partial charge in [0.25, 0.3) is 0 Å². The highest BCUT2D eigenvalue weighted by atomic mass is 35.5. The van der Waals surface area contributed by atoms with E-state index in [9.17, 15) is 9.18 Å². The van der Waals surface area contributed by atoms with Crippen LogP contribution in [0.15, 0.2) is 47.6 Å². The fraction of sp³-hybridized carbons (Fsp3) is 0.118. The van der Waals surface area contributed by atoms with Crippen LogP contribution in [0, 0.1) is 5.82 Å². The number of aromatic amines is 1. The van der Waals surface area contributed by atoms with Gasteiger partial charge >= 0.3 is 0 Å². The zero-order valence-electron chi connectivity index (χ0n) is 13.5. The number of thioether (sulfide) groups is 1.